The van der Waals surface area contributed by atoms with E-state index in [0.717, 1.165) is 25.8 Å². The molecule has 14 heavy (non-hydrogen) atoms. The number of aliphatic hydroxyl groups is 1. The molecular weight excluding hydrogens is 184 g/mol. The van der Waals surface area contributed by atoms with E-state index in [-0.39, 0.29) is 6.61 Å². The monoisotopic (exact) mass is 204 g/mol. The van der Waals surface area contributed by atoms with Crippen LogP contribution in [-0.4, -0.2) is 53.9 Å². The van der Waals surface area contributed by atoms with Gasteiger partial charge < -0.3 is 20.8 Å². The number of unbranched alkanes of at least 4 members (excludes halogenated alkanes) is 2. The number of carbonyl (C=O) groups is 1. The maximum absolute atomic E-state index is 10.4. The summed E-state index contributed by atoms with van der Waals surface area (Å²) in [6.07, 6.45) is 2.73. The molecule has 0 aromatic rings. The highest BCUT2D eigenvalue weighted by Crippen LogP contribution is 1.97. The van der Waals surface area contributed by atoms with Crippen molar-refractivity contribution in [2.45, 2.75) is 25.3 Å². The average molecular weight is 204 g/mol. The van der Waals surface area contributed by atoms with E-state index >= 15 is 0 Å². The molecule has 0 saturated carbocycles. The Balaban J connectivity index is 3.45. The third kappa shape index (κ3) is 6.82. The zero-order valence-electron chi connectivity index (χ0n) is 8.65. The highest BCUT2D eigenvalue weighted by Gasteiger charge is 2.13. The van der Waals surface area contributed by atoms with Crippen molar-refractivity contribution in [3.63, 3.8) is 0 Å². The van der Waals surface area contributed by atoms with Gasteiger partial charge in [0.2, 0.25) is 0 Å². The van der Waals surface area contributed by atoms with Crippen LogP contribution < -0.4 is 5.73 Å². The van der Waals surface area contributed by atoms with Crippen molar-refractivity contribution < 1.29 is 15.0 Å². The fourth-order valence-corrected chi connectivity index (χ4v) is 1.18. The number of nitrogens with two attached hydrogens (primary N) is 1. The Morgan fingerprint density at radius 1 is 1.43 bits per heavy atom. The molecule has 0 aromatic carbocycles. The SMILES string of the molecule is CN(CCCCCO)CC(N)C(=O)O. The summed E-state index contributed by atoms with van der Waals surface area (Å²) in [6, 6.07) is -0.808. The summed E-state index contributed by atoms with van der Waals surface area (Å²) >= 11 is 0. The van der Waals surface area contributed by atoms with Gasteiger partial charge in [-0.05, 0) is 32.9 Å². The lowest BCUT2D eigenvalue weighted by Gasteiger charge is -2.18. The summed E-state index contributed by atoms with van der Waals surface area (Å²) in [5.74, 6) is -0.966. The quantitative estimate of drug-likeness (QED) is 0.464. The molecule has 0 aliphatic heterocycles. The molecule has 84 valence electrons. The van der Waals surface area contributed by atoms with Gasteiger partial charge in [0, 0.05) is 13.2 Å². The van der Waals surface area contributed by atoms with E-state index in [0.29, 0.717) is 6.54 Å². The van der Waals surface area contributed by atoms with Crippen LogP contribution in [0.25, 0.3) is 0 Å². The van der Waals surface area contributed by atoms with Gasteiger partial charge in [0.25, 0.3) is 0 Å². The Bertz CT molecular complexity index is 164. The molecule has 5 nitrogen and oxygen atoms in total. The van der Waals surface area contributed by atoms with E-state index in [1.807, 2.05) is 11.9 Å². The molecule has 0 radical (unpaired) electrons. The molecule has 4 N–H and O–H groups in total. The van der Waals surface area contributed by atoms with Crippen LogP contribution in [0.1, 0.15) is 19.3 Å². The van der Waals surface area contributed by atoms with Gasteiger partial charge in [-0.2, -0.15) is 0 Å². The molecule has 0 rings (SSSR count). The lowest BCUT2D eigenvalue weighted by Crippen LogP contribution is -2.41. The van der Waals surface area contributed by atoms with E-state index < -0.39 is 12.0 Å². The third-order valence-electron chi connectivity index (χ3n) is 2.02. The Morgan fingerprint density at radius 2 is 2.07 bits per heavy atom. The molecule has 0 aromatic heterocycles. The molecular formula is C9H20N2O3. The first-order valence-corrected chi connectivity index (χ1v) is 4.85. The van der Waals surface area contributed by atoms with Gasteiger partial charge in [0.1, 0.15) is 6.04 Å². The van der Waals surface area contributed by atoms with Crippen molar-refractivity contribution in [1.29, 1.82) is 0 Å². The largest absolute Gasteiger partial charge is 0.480 e. The zero-order valence-corrected chi connectivity index (χ0v) is 8.65. The first-order valence-electron chi connectivity index (χ1n) is 4.85. The highest BCUT2D eigenvalue weighted by molar-refractivity contribution is 5.73. The minimum atomic E-state index is -0.966. The number of carboxylic acid groups (broad SMARTS) is 1. The standard InChI is InChI=1S/C9H20N2O3/c1-11(5-3-2-4-6-12)7-8(10)9(13)14/h8,12H,2-7,10H2,1H3,(H,13,14). The number of nitrogens with zero attached hydrogens (tertiary/aromatic N) is 1. The highest BCUT2D eigenvalue weighted by atomic mass is 16.4. The minimum absolute atomic E-state index is 0.221. The Kier molecular flexibility index (Phi) is 7.37. The summed E-state index contributed by atoms with van der Waals surface area (Å²) in [4.78, 5) is 12.3. The van der Waals surface area contributed by atoms with E-state index in [1.165, 1.54) is 0 Å². The molecule has 0 heterocycles. The molecule has 0 amide bonds. The van der Waals surface area contributed by atoms with Gasteiger partial charge in [0.05, 0.1) is 0 Å². The van der Waals surface area contributed by atoms with Gasteiger partial charge in [-0.1, -0.05) is 0 Å². The number of carboxylic acids is 1. The molecule has 0 aliphatic rings. The van der Waals surface area contributed by atoms with Crippen molar-refractivity contribution >= 4 is 5.97 Å². The first-order chi connectivity index (χ1) is 6.57. The Labute approximate surface area is 84.5 Å². The normalized spacial score (nSPS) is 13.1. The topological polar surface area (TPSA) is 86.8 Å². The molecule has 0 saturated heterocycles. The van der Waals surface area contributed by atoms with Crippen LogP contribution in [0.4, 0.5) is 0 Å². The fraction of sp³-hybridized carbons (Fsp3) is 0.889. The van der Waals surface area contributed by atoms with Crippen LogP contribution in [0.3, 0.4) is 0 Å². The molecule has 0 fully saturated rings. The number of rotatable bonds is 8. The lowest BCUT2D eigenvalue weighted by molar-refractivity contribution is -0.138. The van der Waals surface area contributed by atoms with Crippen LogP contribution in [-0.2, 0) is 4.79 Å². The number of aliphatic carboxylic acids is 1. The summed E-state index contributed by atoms with van der Waals surface area (Å²) in [5, 5.41) is 17.1. The third-order valence-corrected chi connectivity index (χ3v) is 2.02. The molecule has 0 bridgehead atoms. The molecule has 0 spiro atoms. The average Bonchev–Trinajstić information content (AvgIpc) is 2.12. The van der Waals surface area contributed by atoms with Crippen molar-refractivity contribution in [1.82, 2.24) is 4.90 Å². The molecule has 0 aliphatic carbocycles. The van der Waals surface area contributed by atoms with Crippen LogP contribution in [0, 0.1) is 0 Å². The van der Waals surface area contributed by atoms with E-state index in [4.69, 9.17) is 15.9 Å². The maximum Gasteiger partial charge on any atom is 0.321 e. The first kappa shape index (κ1) is 13.4. The van der Waals surface area contributed by atoms with Crippen LogP contribution in [0.5, 0.6) is 0 Å². The number of likely N-dealkylation sites (N-methyl/N-ethyl adjacent to an activating group) is 1. The van der Waals surface area contributed by atoms with Crippen LogP contribution in [0.2, 0.25) is 0 Å². The zero-order chi connectivity index (χ0) is 11.0. The second-order valence-corrected chi connectivity index (χ2v) is 3.49. The van der Waals surface area contributed by atoms with E-state index in [9.17, 15) is 4.79 Å². The smallest absolute Gasteiger partial charge is 0.321 e. The maximum atomic E-state index is 10.4. The predicted octanol–water partition coefficient (Wildman–Crippen LogP) is -0.507. The molecule has 1 atom stereocenters. The molecule has 5 heteroatoms. The second-order valence-electron chi connectivity index (χ2n) is 3.49. The van der Waals surface area contributed by atoms with E-state index in [2.05, 4.69) is 0 Å². The lowest BCUT2D eigenvalue weighted by atomic mass is 10.2. The predicted molar refractivity (Wildman–Crippen MR) is 54.0 cm³/mol. The number of aliphatic hydroxyl groups excluding tert-OH is 1. The van der Waals surface area contributed by atoms with Gasteiger partial charge in [0.15, 0.2) is 0 Å². The summed E-state index contributed by atoms with van der Waals surface area (Å²) in [7, 11) is 1.85. The minimum Gasteiger partial charge on any atom is -0.480 e. The van der Waals surface area contributed by atoms with Gasteiger partial charge in [-0.25, -0.2) is 0 Å². The van der Waals surface area contributed by atoms with Crippen molar-refractivity contribution in [3.8, 4) is 0 Å². The number of hydrogen-bond acceptors (Lipinski definition) is 4. The van der Waals surface area contributed by atoms with E-state index in [1.54, 1.807) is 0 Å². The number of hydrogen-bond donors (Lipinski definition) is 3. The van der Waals surface area contributed by atoms with Gasteiger partial charge in [-0.3, -0.25) is 4.79 Å². The molecule has 1 unspecified atom stereocenters. The van der Waals surface area contributed by atoms with Gasteiger partial charge in [-0.15, -0.1) is 0 Å². The van der Waals surface area contributed by atoms with Crippen molar-refractivity contribution in [2.24, 2.45) is 5.73 Å². The van der Waals surface area contributed by atoms with Crippen molar-refractivity contribution in [3.05, 3.63) is 0 Å². The second kappa shape index (κ2) is 7.73. The Morgan fingerprint density at radius 3 is 2.57 bits per heavy atom. The fourth-order valence-electron chi connectivity index (χ4n) is 1.18. The summed E-state index contributed by atoms with van der Waals surface area (Å²) in [6.45, 7) is 1.41. The van der Waals surface area contributed by atoms with Crippen LogP contribution >= 0.6 is 0 Å². The Hall–Kier alpha value is -0.650. The van der Waals surface area contributed by atoms with Crippen molar-refractivity contribution in [2.75, 3.05) is 26.7 Å². The summed E-state index contributed by atoms with van der Waals surface area (Å²) in [5.41, 5.74) is 5.37. The van der Waals surface area contributed by atoms with Crippen LogP contribution in [0.15, 0.2) is 0 Å². The van der Waals surface area contributed by atoms with Gasteiger partial charge >= 0.3 is 5.97 Å². The summed E-state index contributed by atoms with van der Waals surface area (Å²) < 4.78 is 0.